The van der Waals surface area contributed by atoms with Gasteiger partial charge in [-0.05, 0) is 37.8 Å². The van der Waals surface area contributed by atoms with Crippen molar-refractivity contribution >= 4 is 0 Å². The maximum Gasteiger partial charge on any atom is 0.0101 e. The number of hydrogen-bond donors (Lipinski definition) is 1. The summed E-state index contributed by atoms with van der Waals surface area (Å²) >= 11 is 0. The molecule has 0 saturated carbocycles. The van der Waals surface area contributed by atoms with Crippen molar-refractivity contribution in [2.24, 2.45) is 0 Å². The van der Waals surface area contributed by atoms with E-state index in [1.54, 1.807) is 0 Å². The monoisotopic (exact) mass is 229 g/mol. The Kier molecular flexibility index (Phi) is 7.18. The van der Waals surface area contributed by atoms with Crippen molar-refractivity contribution in [2.75, 3.05) is 6.54 Å². The van der Waals surface area contributed by atoms with Crippen LogP contribution in [-0.4, -0.2) is 12.6 Å². The first-order valence-electron chi connectivity index (χ1n) is 6.57. The molecule has 1 N–H and O–H groups in total. The van der Waals surface area contributed by atoms with Crippen LogP contribution in [0.4, 0.5) is 0 Å². The molecular weight excluding hydrogens is 206 g/mol. The number of aryl methyl sites for hydroxylation is 1. The Hall–Kier alpha value is -1.26. The molecule has 1 atom stereocenters. The third kappa shape index (κ3) is 6.14. The van der Waals surface area contributed by atoms with Crippen molar-refractivity contribution in [1.82, 2.24) is 5.32 Å². The summed E-state index contributed by atoms with van der Waals surface area (Å²) in [5, 5.41) is 3.51. The summed E-state index contributed by atoms with van der Waals surface area (Å²) < 4.78 is 0. The molecule has 1 nitrogen and oxygen atoms in total. The van der Waals surface area contributed by atoms with Crippen LogP contribution in [0.2, 0.25) is 0 Å². The molecule has 0 fully saturated rings. The normalized spacial score (nSPS) is 12.0. The maximum absolute atomic E-state index is 5.31. The van der Waals surface area contributed by atoms with Gasteiger partial charge in [0, 0.05) is 12.5 Å². The summed E-state index contributed by atoms with van der Waals surface area (Å²) in [6, 6.07) is 11.3. The smallest absolute Gasteiger partial charge is 0.0101 e. The molecule has 0 bridgehead atoms. The van der Waals surface area contributed by atoms with E-state index in [-0.39, 0.29) is 0 Å². The zero-order valence-corrected chi connectivity index (χ0v) is 10.8. The van der Waals surface area contributed by atoms with Crippen molar-refractivity contribution in [1.29, 1.82) is 0 Å². The summed E-state index contributed by atoms with van der Waals surface area (Å²) in [6.45, 7) is 3.18. The van der Waals surface area contributed by atoms with Crippen LogP contribution >= 0.6 is 0 Å². The molecule has 0 saturated heterocycles. The second kappa shape index (κ2) is 8.84. The average Bonchev–Trinajstić information content (AvgIpc) is 2.37. The minimum Gasteiger partial charge on any atom is -0.314 e. The molecule has 92 valence electrons. The van der Waals surface area contributed by atoms with Crippen LogP contribution in [0.25, 0.3) is 0 Å². The third-order valence-corrected chi connectivity index (χ3v) is 2.99. The number of nitrogens with one attached hydrogen (secondary N) is 1. The van der Waals surface area contributed by atoms with Gasteiger partial charge in [0.15, 0.2) is 0 Å². The molecular formula is C16H23N. The highest BCUT2D eigenvalue weighted by Gasteiger charge is 2.05. The Bertz CT molecular complexity index is 323. The van der Waals surface area contributed by atoms with Crippen molar-refractivity contribution in [2.45, 2.75) is 45.1 Å². The van der Waals surface area contributed by atoms with Gasteiger partial charge < -0.3 is 5.32 Å². The molecule has 1 aromatic rings. The van der Waals surface area contributed by atoms with E-state index in [1.165, 1.54) is 24.8 Å². The lowest BCUT2D eigenvalue weighted by molar-refractivity contribution is 0.456. The zero-order valence-electron chi connectivity index (χ0n) is 10.8. The molecule has 0 spiro atoms. The molecule has 0 radical (unpaired) electrons. The van der Waals surface area contributed by atoms with Gasteiger partial charge in [-0.2, -0.15) is 0 Å². The minimum atomic E-state index is 0.583. The lowest BCUT2D eigenvalue weighted by Crippen LogP contribution is -2.28. The lowest BCUT2D eigenvalue weighted by atomic mass is 10.0. The Morgan fingerprint density at radius 2 is 2.00 bits per heavy atom. The van der Waals surface area contributed by atoms with Crippen LogP contribution in [0.3, 0.4) is 0 Å². The van der Waals surface area contributed by atoms with Gasteiger partial charge in [0.1, 0.15) is 0 Å². The SMILES string of the molecule is C#CCCC(CCCc1ccccc1)NCC. The van der Waals surface area contributed by atoms with Crippen molar-refractivity contribution in [3.8, 4) is 12.3 Å². The zero-order chi connectivity index (χ0) is 12.3. The van der Waals surface area contributed by atoms with Crippen molar-refractivity contribution in [3.63, 3.8) is 0 Å². The Morgan fingerprint density at radius 3 is 2.65 bits per heavy atom. The van der Waals surface area contributed by atoms with Crippen LogP contribution < -0.4 is 5.32 Å². The van der Waals surface area contributed by atoms with E-state index in [0.29, 0.717) is 6.04 Å². The van der Waals surface area contributed by atoms with E-state index in [4.69, 9.17) is 6.42 Å². The molecule has 1 aromatic carbocycles. The molecule has 0 amide bonds. The highest BCUT2D eigenvalue weighted by molar-refractivity contribution is 5.14. The van der Waals surface area contributed by atoms with Crippen LogP contribution in [-0.2, 0) is 6.42 Å². The second-order valence-electron chi connectivity index (χ2n) is 4.38. The molecule has 17 heavy (non-hydrogen) atoms. The highest BCUT2D eigenvalue weighted by atomic mass is 14.9. The summed E-state index contributed by atoms with van der Waals surface area (Å²) in [4.78, 5) is 0. The lowest BCUT2D eigenvalue weighted by Gasteiger charge is -2.16. The van der Waals surface area contributed by atoms with E-state index in [0.717, 1.165) is 19.4 Å². The Labute approximate surface area is 106 Å². The molecule has 0 aromatic heterocycles. The van der Waals surface area contributed by atoms with Crippen molar-refractivity contribution in [3.05, 3.63) is 35.9 Å². The molecule has 0 aliphatic carbocycles. The number of rotatable bonds is 8. The summed E-state index contributed by atoms with van der Waals surface area (Å²) in [6.07, 6.45) is 10.9. The molecule has 0 heterocycles. The standard InChI is InChI=1S/C16H23N/c1-3-5-13-16(17-4-2)14-9-12-15-10-7-6-8-11-15/h1,6-8,10-11,16-17H,4-5,9,12-14H2,2H3. The predicted octanol–water partition coefficient (Wildman–Crippen LogP) is 3.40. The average molecular weight is 229 g/mol. The number of hydrogen-bond acceptors (Lipinski definition) is 1. The first-order valence-corrected chi connectivity index (χ1v) is 6.57. The summed E-state index contributed by atoms with van der Waals surface area (Å²) in [5.74, 6) is 2.72. The molecule has 0 aliphatic heterocycles. The van der Waals surface area contributed by atoms with Gasteiger partial charge in [-0.25, -0.2) is 0 Å². The fraction of sp³-hybridized carbons (Fsp3) is 0.500. The Morgan fingerprint density at radius 1 is 1.24 bits per heavy atom. The highest BCUT2D eigenvalue weighted by Crippen LogP contribution is 2.09. The molecule has 1 rings (SSSR count). The Balaban J connectivity index is 2.24. The van der Waals surface area contributed by atoms with E-state index in [1.807, 2.05) is 0 Å². The van der Waals surface area contributed by atoms with Gasteiger partial charge in [-0.3, -0.25) is 0 Å². The van der Waals surface area contributed by atoms with Crippen LogP contribution in [0.5, 0.6) is 0 Å². The largest absolute Gasteiger partial charge is 0.314 e. The van der Waals surface area contributed by atoms with Crippen LogP contribution in [0.15, 0.2) is 30.3 Å². The van der Waals surface area contributed by atoms with Gasteiger partial charge >= 0.3 is 0 Å². The van der Waals surface area contributed by atoms with Gasteiger partial charge in [0.25, 0.3) is 0 Å². The first kappa shape index (κ1) is 13.8. The molecule has 0 aliphatic rings. The van der Waals surface area contributed by atoms with Gasteiger partial charge in [-0.15, -0.1) is 12.3 Å². The van der Waals surface area contributed by atoms with Gasteiger partial charge in [0.05, 0.1) is 0 Å². The first-order chi connectivity index (χ1) is 8.36. The topological polar surface area (TPSA) is 12.0 Å². The third-order valence-electron chi connectivity index (χ3n) is 2.99. The van der Waals surface area contributed by atoms with Crippen molar-refractivity contribution < 1.29 is 0 Å². The molecule has 1 heteroatoms. The maximum atomic E-state index is 5.31. The summed E-state index contributed by atoms with van der Waals surface area (Å²) in [5.41, 5.74) is 1.43. The van der Waals surface area contributed by atoms with E-state index < -0.39 is 0 Å². The summed E-state index contributed by atoms with van der Waals surface area (Å²) in [7, 11) is 0. The quantitative estimate of drug-likeness (QED) is 0.674. The van der Waals surface area contributed by atoms with Gasteiger partial charge in [0.2, 0.25) is 0 Å². The van der Waals surface area contributed by atoms with Crippen LogP contribution in [0.1, 0.15) is 38.2 Å². The van der Waals surface area contributed by atoms with E-state index in [9.17, 15) is 0 Å². The van der Waals surface area contributed by atoms with Gasteiger partial charge in [-0.1, -0.05) is 37.3 Å². The number of benzene rings is 1. The molecule has 1 unspecified atom stereocenters. The second-order valence-corrected chi connectivity index (χ2v) is 4.38. The fourth-order valence-electron chi connectivity index (χ4n) is 2.09. The fourth-order valence-corrected chi connectivity index (χ4v) is 2.09. The minimum absolute atomic E-state index is 0.583. The van der Waals surface area contributed by atoms with E-state index in [2.05, 4.69) is 48.5 Å². The number of terminal acetylenes is 1. The predicted molar refractivity (Wildman–Crippen MR) is 74.9 cm³/mol. The van der Waals surface area contributed by atoms with E-state index >= 15 is 0 Å². The van der Waals surface area contributed by atoms with Crippen LogP contribution in [0, 0.1) is 12.3 Å².